The molecule has 1 aliphatic carbocycles. The second kappa shape index (κ2) is 3.15. The Kier molecular flexibility index (Phi) is 2.01. The van der Waals surface area contributed by atoms with Gasteiger partial charge in [0.05, 0.1) is 5.97 Å². The number of ether oxygens (including phenoxy) is 2. The molecule has 106 valence electrons. The Morgan fingerprint density at radius 1 is 1.11 bits per heavy atom. The lowest BCUT2D eigenvalue weighted by Crippen LogP contribution is -2.79. The topological polar surface area (TPSA) is 61.8 Å². The van der Waals surface area contributed by atoms with E-state index in [1.54, 1.807) is 0 Å². The summed E-state index contributed by atoms with van der Waals surface area (Å²) in [6, 6.07) is 0. The van der Waals surface area contributed by atoms with Crippen molar-refractivity contribution in [1.82, 2.24) is 4.90 Å². The third-order valence-electron chi connectivity index (χ3n) is 5.60. The van der Waals surface area contributed by atoms with Crippen LogP contribution in [0.2, 0.25) is 0 Å². The molecule has 0 aromatic rings. The van der Waals surface area contributed by atoms with Crippen LogP contribution in [-0.2, 0) is 14.3 Å². The third kappa shape index (κ3) is 1.33. The van der Waals surface area contributed by atoms with E-state index in [2.05, 4.69) is 20.8 Å². The molecule has 4 aliphatic heterocycles. The maximum absolute atomic E-state index is 11.0. The van der Waals surface area contributed by atoms with Crippen LogP contribution in [0.5, 0.6) is 0 Å². The Hall–Kier alpha value is -0.650. The number of hydrogen-bond donors (Lipinski definition) is 0. The zero-order valence-corrected chi connectivity index (χ0v) is 11.6. The van der Waals surface area contributed by atoms with Crippen molar-refractivity contribution in [3.05, 3.63) is 0 Å². The number of nitrogens with zero attached hydrogens (tertiary/aromatic N) is 1. The molecule has 0 radical (unpaired) electrons. The van der Waals surface area contributed by atoms with Crippen molar-refractivity contribution in [2.75, 3.05) is 6.54 Å². The Labute approximate surface area is 112 Å². The van der Waals surface area contributed by atoms with E-state index in [1.165, 1.54) is 0 Å². The number of piperidine rings is 1. The lowest BCUT2D eigenvalue weighted by Gasteiger charge is -2.74. The Morgan fingerprint density at radius 2 is 1.58 bits per heavy atom. The fourth-order valence-corrected chi connectivity index (χ4v) is 5.79. The van der Waals surface area contributed by atoms with Crippen LogP contribution >= 0.6 is 0 Å². The number of carboxylic acids is 1. The van der Waals surface area contributed by atoms with E-state index in [1.807, 2.05) is 4.90 Å². The van der Waals surface area contributed by atoms with Gasteiger partial charge in [-0.25, -0.2) is 4.90 Å². The number of carboxylic acid groups (broad SMARTS) is 1. The van der Waals surface area contributed by atoms with Gasteiger partial charge in [-0.05, 0) is 19.3 Å². The summed E-state index contributed by atoms with van der Waals surface area (Å²) in [7, 11) is 0. The quantitative estimate of drug-likeness (QED) is 0.719. The average Bonchev–Trinajstić information content (AvgIpc) is 2.23. The lowest BCUT2D eigenvalue weighted by molar-refractivity contribution is -0.475. The van der Waals surface area contributed by atoms with E-state index in [4.69, 9.17) is 9.47 Å². The van der Waals surface area contributed by atoms with Gasteiger partial charge in [0.15, 0.2) is 6.29 Å². The van der Waals surface area contributed by atoms with Crippen molar-refractivity contribution in [3.63, 3.8) is 0 Å². The van der Waals surface area contributed by atoms with Crippen molar-refractivity contribution in [3.8, 4) is 0 Å². The molecular weight excluding hydrogens is 246 g/mol. The monoisotopic (exact) mass is 266 g/mol. The predicted molar refractivity (Wildman–Crippen MR) is 63.4 cm³/mol. The van der Waals surface area contributed by atoms with Gasteiger partial charge in [-0.2, -0.15) is 0 Å². The van der Waals surface area contributed by atoms with E-state index >= 15 is 0 Å². The maximum atomic E-state index is 11.0. The molecular formula is C14H20NO4-. The van der Waals surface area contributed by atoms with Crippen molar-refractivity contribution in [1.29, 1.82) is 0 Å². The van der Waals surface area contributed by atoms with Gasteiger partial charge in [-0.3, -0.25) is 0 Å². The summed E-state index contributed by atoms with van der Waals surface area (Å²) >= 11 is 0. The summed E-state index contributed by atoms with van der Waals surface area (Å²) in [5.41, 5.74) is 0.115. The molecule has 4 heterocycles. The van der Waals surface area contributed by atoms with Crippen LogP contribution in [-0.4, -0.2) is 36.2 Å². The smallest absolute Gasteiger partial charge is 0.167 e. The molecule has 0 amide bonds. The standard InChI is InChI=1S/C14H21NO4/c1-12-5-13(2)7-14(3,6-12)11-18-9(12)15(4-8(16)17)10(13)19-11/h9-11H,4-7H2,1-3H3,(H,16,17)/p-1. The minimum absolute atomic E-state index is 0.0218. The maximum Gasteiger partial charge on any atom is 0.167 e. The lowest BCUT2D eigenvalue weighted by atomic mass is 9.48. The third-order valence-corrected chi connectivity index (χ3v) is 5.60. The van der Waals surface area contributed by atoms with Gasteiger partial charge in [-0.1, -0.05) is 20.8 Å². The van der Waals surface area contributed by atoms with Crippen LogP contribution < -0.4 is 5.11 Å². The Balaban J connectivity index is 1.81. The highest BCUT2D eigenvalue weighted by molar-refractivity contribution is 5.66. The van der Waals surface area contributed by atoms with Crippen molar-refractivity contribution < 1.29 is 19.4 Å². The summed E-state index contributed by atoms with van der Waals surface area (Å²) in [4.78, 5) is 12.9. The molecule has 1 saturated carbocycles. The number of aliphatic carboxylic acids is 1. The molecule has 4 unspecified atom stereocenters. The van der Waals surface area contributed by atoms with E-state index in [0.717, 1.165) is 19.3 Å². The SMILES string of the molecule is CC12CC3(C)CC(C)(C1)C1OC2OC3N1CC(=O)[O-]. The molecule has 4 saturated heterocycles. The zero-order chi connectivity index (χ0) is 13.6. The molecule has 19 heavy (non-hydrogen) atoms. The van der Waals surface area contributed by atoms with Gasteiger partial charge in [0.25, 0.3) is 0 Å². The normalized spacial score (nSPS) is 58.8. The van der Waals surface area contributed by atoms with Crippen molar-refractivity contribution >= 4 is 5.97 Å². The fraction of sp³-hybridized carbons (Fsp3) is 0.929. The first kappa shape index (κ1) is 12.1. The molecule has 5 fully saturated rings. The van der Waals surface area contributed by atoms with Gasteiger partial charge < -0.3 is 19.4 Å². The van der Waals surface area contributed by atoms with Gasteiger partial charge in [0.1, 0.15) is 12.5 Å². The summed E-state index contributed by atoms with van der Waals surface area (Å²) in [5, 5.41) is 11.0. The predicted octanol–water partition coefficient (Wildman–Crippen LogP) is 0.293. The molecule has 5 heteroatoms. The van der Waals surface area contributed by atoms with E-state index < -0.39 is 5.97 Å². The van der Waals surface area contributed by atoms with Crippen LogP contribution in [0.1, 0.15) is 40.0 Å². The number of carbonyl (C=O) groups is 1. The minimum atomic E-state index is -1.06. The van der Waals surface area contributed by atoms with Gasteiger partial charge in [0, 0.05) is 22.8 Å². The van der Waals surface area contributed by atoms with E-state index in [0.29, 0.717) is 0 Å². The van der Waals surface area contributed by atoms with Crippen LogP contribution in [0.15, 0.2) is 0 Å². The number of rotatable bonds is 2. The Morgan fingerprint density at radius 3 is 2.05 bits per heavy atom. The molecule has 5 rings (SSSR count). The van der Waals surface area contributed by atoms with Crippen LogP contribution in [0.3, 0.4) is 0 Å². The highest BCUT2D eigenvalue weighted by atomic mass is 16.7. The summed E-state index contributed by atoms with van der Waals surface area (Å²) in [5.74, 6) is -1.06. The molecule has 0 aromatic heterocycles. The largest absolute Gasteiger partial charge is 0.549 e. The second-order valence-corrected chi connectivity index (χ2v) is 7.85. The van der Waals surface area contributed by atoms with E-state index in [-0.39, 0.29) is 41.5 Å². The van der Waals surface area contributed by atoms with Crippen LogP contribution in [0, 0.1) is 16.2 Å². The van der Waals surface area contributed by atoms with Crippen molar-refractivity contribution in [2.45, 2.75) is 58.8 Å². The average molecular weight is 266 g/mol. The highest BCUT2D eigenvalue weighted by Gasteiger charge is 2.71. The summed E-state index contributed by atoms with van der Waals surface area (Å²) in [6.45, 7) is 6.60. The molecule has 6 bridgehead atoms. The fourth-order valence-electron chi connectivity index (χ4n) is 5.79. The van der Waals surface area contributed by atoms with Crippen molar-refractivity contribution in [2.24, 2.45) is 16.2 Å². The molecule has 0 spiro atoms. The summed E-state index contributed by atoms with van der Waals surface area (Å²) in [6.07, 6.45) is 2.66. The van der Waals surface area contributed by atoms with Crippen LogP contribution in [0.4, 0.5) is 0 Å². The highest BCUT2D eigenvalue weighted by Crippen LogP contribution is 2.69. The number of hydrogen-bond acceptors (Lipinski definition) is 5. The van der Waals surface area contributed by atoms with Gasteiger partial charge in [0.2, 0.25) is 0 Å². The zero-order valence-electron chi connectivity index (χ0n) is 11.6. The van der Waals surface area contributed by atoms with E-state index in [9.17, 15) is 9.90 Å². The summed E-state index contributed by atoms with van der Waals surface area (Å²) < 4.78 is 12.2. The Bertz CT molecular complexity index is 430. The van der Waals surface area contributed by atoms with Crippen LogP contribution in [0.25, 0.3) is 0 Å². The second-order valence-electron chi connectivity index (χ2n) is 7.85. The number of carbonyl (C=O) groups excluding carboxylic acids is 1. The molecule has 5 nitrogen and oxygen atoms in total. The molecule has 5 aliphatic rings. The first-order chi connectivity index (χ1) is 8.76. The first-order valence-corrected chi connectivity index (χ1v) is 7.02. The molecule has 4 atom stereocenters. The first-order valence-electron chi connectivity index (χ1n) is 7.02. The molecule has 0 N–H and O–H groups in total. The van der Waals surface area contributed by atoms with Gasteiger partial charge >= 0.3 is 0 Å². The molecule has 0 aromatic carbocycles. The van der Waals surface area contributed by atoms with Gasteiger partial charge in [-0.15, -0.1) is 0 Å². The minimum Gasteiger partial charge on any atom is -0.549 e.